The number of esters is 1. The molecule has 2 atom stereocenters. The van der Waals surface area contributed by atoms with Gasteiger partial charge in [0.05, 0.1) is 12.7 Å². The smallest absolute Gasteiger partial charge is 0.374 e. The van der Waals surface area contributed by atoms with Crippen LogP contribution in [0.15, 0.2) is 30.3 Å². The fourth-order valence-corrected chi connectivity index (χ4v) is 1.99. The molecule has 3 rings (SSSR count). The van der Waals surface area contributed by atoms with E-state index in [0.29, 0.717) is 13.0 Å². The minimum Gasteiger partial charge on any atom is -0.374 e. The van der Waals surface area contributed by atoms with Gasteiger partial charge in [0.15, 0.2) is 5.54 Å². The van der Waals surface area contributed by atoms with Crippen LogP contribution in [0, 0.1) is 0 Å². The Morgan fingerprint density at radius 1 is 1.35 bits per heavy atom. The van der Waals surface area contributed by atoms with Gasteiger partial charge in [-0.3, -0.25) is 0 Å². The van der Waals surface area contributed by atoms with Crippen molar-refractivity contribution in [3.8, 4) is 0 Å². The molecular formula is C12H11NO4. The third-order valence-corrected chi connectivity index (χ3v) is 3.07. The number of rotatable bonds is 3. The molecule has 1 aliphatic heterocycles. The lowest BCUT2D eigenvalue weighted by molar-refractivity contribution is -0.137. The lowest BCUT2D eigenvalue weighted by atomic mass is 10.2. The molecule has 1 aromatic rings. The largest absolute Gasteiger partial charge is 0.415 e. The Morgan fingerprint density at radius 3 is 2.76 bits per heavy atom. The first-order valence-electron chi connectivity index (χ1n) is 5.41. The molecule has 1 spiro atoms. The van der Waals surface area contributed by atoms with Crippen LogP contribution in [0.3, 0.4) is 0 Å². The van der Waals surface area contributed by atoms with Crippen LogP contribution in [0.25, 0.3) is 0 Å². The number of nitrogens with one attached hydrogen (secondary N) is 1. The summed E-state index contributed by atoms with van der Waals surface area (Å²) < 4.78 is 10.0. The highest BCUT2D eigenvalue weighted by Gasteiger charge is 2.68. The third kappa shape index (κ3) is 1.68. The van der Waals surface area contributed by atoms with E-state index in [9.17, 15) is 9.59 Å². The van der Waals surface area contributed by atoms with Crippen LogP contribution in [0.4, 0.5) is 4.79 Å². The van der Waals surface area contributed by atoms with Gasteiger partial charge in [0.1, 0.15) is 0 Å². The summed E-state index contributed by atoms with van der Waals surface area (Å²) in [4.78, 5) is 22.3. The van der Waals surface area contributed by atoms with Gasteiger partial charge < -0.3 is 14.8 Å². The van der Waals surface area contributed by atoms with E-state index in [-0.39, 0.29) is 6.10 Å². The van der Waals surface area contributed by atoms with Gasteiger partial charge >= 0.3 is 12.1 Å². The minimum atomic E-state index is -0.911. The summed E-state index contributed by atoms with van der Waals surface area (Å²) in [5.74, 6) is -0.527. The molecular weight excluding hydrogens is 222 g/mol. The number of hydrogen-bond acceptors (Lipinski definition) is 4. The van der Waals surface area contributed by atoms with E-state index < -0.39 is 17.6 Å². The van der Waals surface area contributed by atoms with Gasteiger partial charge in [-0.25, -0.2) is 9.59 Å². The van der Waals surface area contributed by atoms with Crippen LogP contribution in [0.1, 0.15) is 12.0 Å². The maximum Gasteiger partial charge on any atom is 0.415 e. The van der Waals surface area contributed by atoms with Gasteiger partial charge in [-0.1, -0.05) is 30.3 Å². The first-order valence-corrected chi connectivity index (χ1v) is 5.41. The van der Waals surface area contributed by atoms with Gasteiger partial charge in [0.2, 0.25) is 0 Å². The molecule has 1 N–H and O–H groups in total. The van der Waals surface area contributed by atoms with E-state index >= 15 is 0 Å². The number of benzene rings is 1. The normalized spacial score (nSPS) is 30.2. The van der Waals surface area contributed by atoms with Crippen molar-refractivity contribution in [2.45, 2.75) is 24.7 Å². The average molecular weight is 233 g/mol. The SMILES string of the molecule is O=C1NC2(CC2OCc2ccccc2)C(=O)O1. The molecule has 1 amide bonds. The second kappa shape index (κ2) is 3.56. The van der Waals surface area contributed by atoms with Crippen LogP contribution in [-0.4, -0.2) is 23.7 Å². The first kappa shape index (κ1) is 10.3. The lowest BCUT2D eigenvalue weighted by Crippen LogP contribution is -2.35. The summed E-state index contributed by atoms with van der Waals surface area (Å²) in [6.07, 6.45) is -0.466. The van der Waals surface area contributed by atoms with E-state index in [1.165, 1.54) is 0 Å². The summed E-state index contributed by atoms with van der Waals surface area (Å²) in [5.41, 5.74) is 0.124. The molecule has 0 bridgehead atoms. The molecule has 1 aliphatic carbocycles. The number of ether oxygens (including phenoxy) is 2. The van der Waals surface area contributed by atoms with Crippen molar-refractivity contribution in [3.63, 3.8) is 0 Å². The molecule has 88 valence electrons. The fourth-order valence-electron chi connectivity index (χ4n) is 1.99. The molecule has 1 saturated carbocycles. The van der Waals surface area contributed by atoms with Crippen molar-refractivity contribution in [2.24, 2.45) is 0 Å². The molecule has 17 heavy (non-hydrogen) atoms. The molecule has 1 heterocycles. The molecule has 5 heteroatoms. The Hall–Kier alpha value is -1.88. The summed E-state index contributed by atoms with van der Waals surface area (Å²) >= 11 is 0. The Labute approximate surface area is 97.7 Å². The van der Waals surface area contributed by atoms with Crippen molar-refractivity contribution in [2.75, 3.05) is 0 Å². The molecule has 2 aliphatic rings. The van der Waals surface area contributed by atoms with E-state index in [4.69, 9.17) is 4.74 Å². The zero-order valence-electron chi connectivity index (χ0n) is 9.01. The summed E-state index contributed by atoms with van der Waals surface area (Å²) in [6, 6.07) is 9.66. The second-order valence-corrected chi connectivity index (χ2v) is 4.26. The van der Waals surface area contributed by atoms with Crippen LogP contribution in [-0.2, 0) is 20.9 Å². The van der Waals surface area contributed by atoms with Gasteiger partial charge in [-0.2, -0.15) is 0 Å². The summed E-state index contributed by atoms with van der Waals surface area (Å²) in [6.45, 7) is 0.427. The van der Waals surface area contributed by atoms with E-state index in [2.05, 4.69) is 10.1 Å². The topological polar surface area (TPSA) is 64.6 Å². The second-order valence-electron chi connectivity index (χ2n) is 4.26. The van der Waals surface area contributed by atoms with E-state index in [0.717, 1.165) is 5.56 Å². The number of carbonyl (C=O) groups excluding carboxylic acids is 2. The van der Waals surface area contributed by atoms with Gasteiger partial charge in [0.25, 0.3) is 0 Å². The van der Waals surface area contributed by atoms with Crippen LogP contribution in [0.5, 0.6) is 0 Å². The molecule has 2 fully saturated rings. The monoisotopic (exact) mass is 233 g/mol. The average Bonchev–Trinajstić information content (AvgIpc) is 2.94. The number of cyclic esters (lactones) is 2. The highest BCUT2D eigenvalue weighted by atomic mass is 16.6. The van der Waals surface area contributed by atoms with E-state index in [1.54, 1.807) is 0 Å². The van der Waals surface area contributed by atoms with Crippen LogP contribution < -0.4 is 5.32 Å². The number of amides is 1. The number of carbonyl (C=O) groups is 2. The lowest BCUT2D eigenvalue weighted by Gasteiger charge is -2.06. The Kier molecular flexibility index (Phi) is 2.16. The fraction of sp³-hybridized carbons (Fsp3) is 0.333. The molecule has 0 radical (unpaired) electrons. The summed E-state index contributed by atoms with van der Waals surface area (Å²) in [7, 11) is 0. The highest BCUT2D eigenvalue weighted by Crippen LogP contribution is 2.43. The predicted molar refractivity (Wildman–Crippen MR) is 57.0 cm³/mol. The zero-order valence-corrected chi connectivity index (χ0v) is 9.01. The summed E-state index contributed by atoms with van der Waals surface area (Å²) in [5, 5.41) is 2.50. The van der Waals surface area contributed by atoms with E-state index in [1.807, 2.05) is 30.3 Å². The molecule has 5 nitrogen and oxygen atoms in total. The van der Waals surface area contributed by atoms with Crippen LogP contribution in [0.2, 0.25) is 0 Å². The Morgan fingerprint density at radius 2 is 2.12 bits per heavy atom. The molecule has 1 saturated heterocycles. The quantitative estimate of drug-likeness (QED) is 0.624. The predicted octanol–water partition coefficient (Wildman–Crippen LogP) is 0.981. The van der Waals surface area contributed by atoms with Crippen molar-refractivity contribution in [1.29, 1.82) is 0 Å². The Bertz CT molecular complexity index is 473. The maximum absolute atomic E-state index is 11.4. The number of alkyl carbamates (subject to hydrolysis) is 1. The highest BCUT2D eigenvalue weighted by molar-refractivity contribution is 6.01. The zero-order chi connectivity index (χ0) is 11.9. The van der Waals surface area contributed by atoms with Gasteiger partial charge in [-0.15, -0.1) is 0 Å². The molecule has 0 aromatic heterocycles. The van der Waals surface area contributed by atoms with Crippen molar-refractivity contribution >= 4 is 12.1 Å². The maximum atomic E-state index is 11.4. The molecule has 1 aromatic carbocycles. The van der Waals surface area contributed by atoms with Gasteiger partial charge in [-0.05, 0) is 5.56 Å². The third-order valence-electron chi connectivity index (χ3n) is 3.07. The first-order chi connectivity index (χ1) is 8.21. The van der Waals surface area contributed by atoms with Crippen LogP contribution >= 0.6 is 0 Å². The standard InChI is InChI=1S/C12H11NO4/c14-10-12(13-11(15)17-10)6-9(12)16-7-8-4-2-1-3-5-8/h1-5,9H,6-7H2,(H,13,15). The van der Waals surface area contributed by atoms with Crippen molar-refractivity contribution in [3.05, 3.63) is 35.9 Å². The minimum absolute atomic E-state index is 0.276. The van der Waals surface area contributed by atoms with Crippen molar-refractivity contribution < 1.29 is 19.1 Å². The molecule has 2 unspecified atom stereocenters. The number of hydrogen-bond donors (Lipinski definition) is 1. The Balaban J connectivity index is 1.60. The van der Waals surface area contributed by atoms with Crippen molar-refractivity contribution in [1.82, 2.24) is 5.32 Å². The van der Waals surface area contributed by atoms with Gasteiger partial charge in [0, 0.05) is 6.42 Å².